The maximum Gasteiger partial charge on any atom is 0.414 e. The van der Waals surface area contributed by atoms with E-state index in [-0.39, 0.29) is 12.1 Å². The van der Waals surface area contributed by atoms with Crippen LogP contribution in [-0.2, 0) is 9.47 Å². The Balaban J connectivity index is 1.45. The third-order valence-corrected chi connectivity index (χ3v) is 5.93. The lowest BCUT2D eigenvalue weighted by molar-refractivity contribution is 0.0776. The molecule has 4 rings (SSSR count). The number of ether oxygens (including phenoxy) is 2. The van der Waals surface area contributed by atoms with Crippen molar-refractivity contribution in [3.8, 4) is 0 Å². The average Bonchev–Trinajstić information content (AvgIpc) is 2.88. The molecule has 0 bridgehead atoms. The number of carbonyl (C=O) groups is 2. The van der Waals surface area contributed by atoms with Gasteiger partial charge in [-0.3, -0.25) is 4.90 Å². The SMILES string of the molecule is Cc1ccc(N2CCOC2=O)cc1NC(=O)N1CCOCC(C2CCC2)C1. The second-order valence-corrected chi connectivity index (χ2v) is 7.67. The number of hydrogen-bond donors (Lipinski definition) is 1. The number of amides is 3. The largest absolute Gasteiger partial charge is 0.447 e. The van der Waals surface area contributed by atoms with E-state index in [1.54, 1.807) is 4.90 Å². The molecule has 1 atom stereocenters. The zero-order valence-electron chi connectivity index (χ0n) is 15.8. The Bertz CT molecular complexity index is 719. The fraction of sp³-hybridized carbons (Fsp3) is 0.600. The van der Waals surface area contributed by atoms with Crippen LogP contribution < -0.4 is 10.2 Å². The van der Waals surface area contributed by atoms with Gasteiger partial charge in [-0.05, 0) is 30.5 Å². The molecule has 1 unspecified atom stereocenters. The Labute approximate surface area is 159 Å². The standard InChI is InChI=1S/C20H27N3O4/c1-14-5-6-17(23-8-10-27-20(23)25)11-18(14)21-19(24)22-7-9-26-13-16(12-22)15-3-2-4-15/h5-6,11,15-16H,2-4,7-10,12-13H2,1H3,(H,21,24). The van der Waals surface area contributed by atoms with Gasteiger partial charge in [-0.1, -0.05) is 25.3 Å². The summed E-state index contributed by atoms with van der Waals surface area (Å²) in [6.45, 7) is 5.55. The van der Waals surface area contributed by atoms with E-state index in [4.69, 9.17) is 9.47 Å². The molecule has 1 N–H and O–H groups in total. The number of nitrogens with one attached hydrogen (secondary N) is 1. The summed E-state index contributed by atoms with van der Waals surface area (Å²) in [5, 5.41) is 3.03. The van der Waals surface area contributed by atoms with E-state index in [9.17, 15) is 9.59 Å². The van der Waals surface area contributed by atoms with Gasteiger partial charge in [0.1, 0.15) is 6.61 Å². The van der Waals surface area contributed by atoms with Crippen LogP contribution in [0.15, 0.2) is 18.2 Å². The number of carbonyl (C=O) groups excluding carboxylic acids is 2. The number of aryl methyl sites for hydroxylation is 1. The number of hydrogen-bond acceptors (Lipinski definition) is 4. The van der Waals surface area contributed by atoms with Crippen molar-refractivity contribution in [2.24, 2.45) is 11.8 Å². The summed E-state index contributed by atoms with van der Waals surface area (Å²) in [4.78, 5) is 28.2. The first kappa shape index (κ1) is 18.1. The topological polar surface area (TPSA) is 71.1 Å². The van der Waals surface area contributed by atoms with Crippen LogP contribution in [0.1, 0.15) is 24.8 Å². The maximum absolute atomic E-state index is 12.9. The molecule has 146 valence electrons. The van der Waals surface area contributed by atoms with E-state index in [1.807, 2.05) is 30.0 Å². The lowest BCUT2D eigenvalue weighted by Crippen LogP contribution is -2.41. The summed E-state index contributed by atoms with van der Waals surface area (Å²) in [7, 11) is 0. The van der Waals surface area contributed by atoms with Crippen molar-refractivity contribution in [2.75, 3.05) is 49.7 Å². The molecule has 0 spiro atoms. The van der Waals surface area contributed by atoms with E-state index in [0.29, 0.717) is 38.1 Å². The zero-order valence-corrected chi connectivity index (χ0v) is 15.8. The molecule has 3 fully saturated rings. The number of benzene rings is 1. The van der Waals surface area contributed by atoms with Crippen LogP contribution in [0, 0.1) is 18.8 Å². The van der Waals surface area contributed by atoms with Gasteiger partial charge in [-0.25, -0.2) is 9.59 Å². The quantitative estimate of drug-likeness (QED) is 0.883. The molecular weight excluding hydrogens is 346 g/mol. The van der Waals surface area contributed by atoms with E-state index < -0.39 is 0 Å². The molecule has 7 nitrogen and oxygen atoms in total. The van der Waals surface area contributed by atoms with Gasteiger partial charge in [0.15, 0.2) is 0 Å². The summed E-state index contributed by atoms with van der Waals surface area (Å²) in [6.07, 6.45) is 3.44. The Morgan fingerprint density at radius 2 is 2.04 bits per heavy atom. The monoisotopic (exact) mass is 373 g/mol. The van der Waals surface area contributed by atoms with Crippen molar-refractivity contribution < 1.29 is 19.1 Å². The van der Waals surface area contributed by atoms with Crippen LogP contribution in [0.2, 0.25) is 0 Å². The van der Waals surface area contributed by atoms with E-state index >= 15 is 0 Å². The Morgan fingerprint density at radius 3 is 2.74 bits per heavy atom. The zero-order chi connectivity index (χ0) is 18.8. The van der Waals surface area contributed by atoms with Gasteiger partial charge >= 0.3 is 12.1 Å². The fourth-order valence-corrected chi connectivity index (χ4v) is 3.95. The third-order valence-electron chi connectivity index (χ3n) is 5.93. The first-order valence-corrected chi connectivity index (χ1v) is 9.80. The predicted molar refractivity (Wildman–Crippen MR) is 102 cm³/mol. The van der Waals surface area contributed by atoms with Crippen LogP contribution >= 0.6 is 0 Å². The number of nitrogens with zero attached hydrogens (tertiary/aromatic N) is 2. The molecule has 1 aliphatic carbocycles. The van der Waals surface area contributed by atoms with Crippen molar-refractivity contribution in [3.63, 3.8) is 0 Å². The van der Waals surface area contributed by atoms with Gasteiger partial charge in [-0.2, -0.15) is 0 Å². The Morgan fingerprint density at radius 1 is 1.19 bits per heavy atom. The Hall–Kier alpha value is -2.28. The highest BCUT2D eigenvalue weighted by Crippen LogP contribution is 2.35. The molecular formula is C20H27N3O4. The highest BCUT2D eigenvalue weighted by Gasteiger charge is 2.32. The number of anilines is 2. The van der Waals surface area contributed by atoms with Crippen LogP contribution in [-0.4, -0.2) is 56.5 Å². The minimum atomic E-state index is -0.343. The van der Waals surface area contributed by atoms with E-state index in [0.717, 1.165) is 30.1 Å². The Kier molecular flexibility index (Phi) is 5.20. The molecule has 27 heavy (non-hydrogen) atoms. The highest BCUT2D eigenvalue weighted by molar-refractivity contribution is 5.93. The summed E-state index contributed by atoms with van der Waals surface area (Å²) in [5.74, 6) is 1.11. The first-order valence-electron chi connectivity index (χ1n) is 9.80. The minimum absolute atomic E-state index is 0.103. The van der Waals surface area contributed by atoms with Crippen molar-refractivity contribution >= 4 is 23.5 Å². The number of urea groups is 1. The number of cyclic esters (lactones) is 1. The smallest absolute Gasteiger partial charge is 0.414 e. The van der Waals surface area contributed by atoms with Crippen LogP contribution in [0.5, 0.6) is 0 Å². The maximum atomic E-state index is 12.9. The first-order chi connectivity index (χ1) is 13.1. The fourth-order valence-electron chi connectivity index (χ4n) is 3.95. The van der Waals surface area contributed by atoms with Crippen LogP contribution in [0.3, 0.4) is 0 Å². The predicted octanol–water partition coefficient (Wildman–Crippen LogP) is 3.23. The third kappa shape index (κ3) is 3.88. The van der Waals surface area contributed by atoms with Gasteiger partial charge < -0.3 is 19.7 Å². The summed E-state index contributed by atoms with van der Waals surface area (Å²) >= 11 is 0. The molecule has 3 amide bonds. The van der Waals surface area contributed by atoms with Crippen LogP contribution in [0.25, 0.3) is 0 Å². The van der Waals surface area contributed by atoms with Crippen molar-refractivity contribution in [1.82, 2.24) is 4.90 Å². The lowest BCUT2D eigenvalue weighted by atomic mass is 9.76. The normalized spacial score (nSPS) is 23.6. The molecule has 1 aromatic carbocycles. The second kappa shape index (κ2) is 7.76. The summed E-state index contributed by atoms with van der Waals surface area (Å²) < 4.78 is 10.7. The van der Waals surface area contributed by atoms with Gasteiger partial charge in [0, 0.05) is 30.4 Å². The molecule has 1 aromatic rings. The summed E-state index contributed by atoms with van der Waals surface area (Å²) in [5.41, 5.74) is 2.42. The summed E-state index contributed by atoms with van der Waals surface area (Å²) in [6, 6.07) is 5.54. The second-order valence-electron chi connectivity index (χ2n) is 7.67. The van der Waals surface area contributed by atoms with Crippen molar-refractivity contribution in [2.45, 2.75) is 26.2 Å². The number of rotatable bonds is 3. The van der Waals surface area contributed by atoms with E-state index in [1.165, 1.54) is 19.3 Å². The molecule has 3 aliphatic rings. The van der Waals surface area contributed by atoms with Gasteiger partial charge in [0.2, 0.25) is 0 Å². The molecule has 7 heteroatoms. The highest BCUT2D eigenvalue weighted by atomic mass is 16.6. The molecule has 0 aromatic heterocycles. The van der Waals surface area contributed by atoms with Crippen molar-refractivity contribution in [1.29, 1.82) is 0 Å². The van der Waals surface area contributed by atoms with Gasteiger partial charge in [0.25, 0.3) is 0 Å². The van der Waals surface area contributed by atoms with E-state index in [2.05, 4.69) is 5.32 Å². The average molecular weight is 373 g/mol. The van der Waals surface area contributed by atoms with Gasteiger partial charge in [-0.15, -0.1) is 0 Å². The van der Waals surface area contributed by atoms with Crippen LogP contribution in [0.4, 0.5) is 21.0 Å². The minimum Gasteiger partial charge on any atom is -0.447 e. The molecule has 2 aliphatic heterocycles. The van der Waals surface area contributed by atoms with Crippen molar-refractivity contribution in [3.05, 3.63) is 23.8 Å². The molecule has 0 radical (unpaired) electrons. The molecule has 2 saturated heterocycles. The van der Waals surface area contributed by atoms with Gasteiger partial charge in [0.05, 0.1) is 19.8 Å². The molecule has 1 saturated carbocycles. The molecule has 2 heterocycles. The lowest BCUT2D eigenvalue weighted by Gasteiger charge is -2.34.